The summed E-state index contributed by atoms with van der Waals surface area (Å²) in [6.07, 6.45) is 2.20. The van der Waals surface area contributed by atoms with Crippen molar-refractivity contribution in [3.63, 3.8) is 0 Å². The molecule has 3 N–H and O–H groups in total. The Kier molecular flexibility index (Phi) is 10.2. The molecule has 2 aliphatic heterocycles. The van der Waals surface area contributed by atoms with Crippen LogP contribution in [0, 0.1) is 0 Å². The maximum absolute atomic E-state index is 11.5. The molecule has 1 fully saturated rings. The topological polar surface area (TPSA) is 131 Å². The number of halogens is 2. The summed E-state index contributed by atoms with van der Waals surface area (Å²) in [5, 5.41) is 10.4. The number of aldehydes is 1. The van der Waals surface area contributed by atoms with Gasteiger partial charge in [-0.25, -0.2) is 9.97 Å². The van der Waals surface area contributed by atoms with Crippen LogP contribution in [0.1, 0.15) is 35.5 Å². The van der Waals surface area contributed by atoms with E-state index in [4.69, 9.17) is 42.6 Å². The van der Waals surface area contributed by atoms with E-state index in [0.717, 1.165) is 51.9 Å². The highest BCUT2D eigenvalue weighted by Crippen LogP contribution is 2.44. The molecule has 1 saturated heterocycles. The summed E-state index contributed by atoms with van der Waals surface area (Å²) in [5.74, 6) is 1.67. The van der Waals surface area contributed by atoms with Crippen LogP contribution < -0.4 is 30.3 Å². The molecule has 11 nitrogen and oxygen atoms in total. The number of aromatic nitrogens is 3. The number of anilines is 1. The number of nitrogens with one attached hydrogen (secondary N) is 3. The number of carbonyl (C=O) groups excluding carboxylic acids is 2. The van der Waals surface area contributed by atoms with Crippen LogP contribution in [0.25, 0.3) is 22.4 Å². The molecule has 244 valence electrons. The molecule has 1 amide bonds. The van der Waals surface area contributed by atoms with Gasteiger partial charge in [0.2, 0.25) is 17.7 Å². The number of carbonyl (C=O) groups is 2. The molecule has 1 unspecified atom stereocenters. The molecule has 1 atom stereocenters. The van der Waals surface area contributed by atoms with E-state index in [9.17, 15) is 9.59 Å². The SMILES string of the molecule is COc1nc(-c2cccc(-c3cccc(N4Cc5nc(CNCC=O)nc(OC)c5C4)c3Cl)c2Cl)ccc1CNCC1CCC(=O)N1. The van der Waals surface area contributed by atoms with Crippen LogP contribution in [0.3, 0.4) is 0 Å². The summed E-state index contributed by atoms with van der Waals surface area (Å²) in [7, 11) is 3.18. The number of rotatable bonds is 13. The van der Waals surface area contributed by atoms with Crippen molar-refractivity contribution in [1.82, 2.24) is 30.9 Å². The fourth-order valence-corrected chi connectivity index (χ4v) is 6.66. The molecule has 2 aromatic heterocycles. The first-order chi connectivity index (χ1) is 22.9. The fourth-order valence-electron chi connectivity index (χ4n) is 5.99. The van der Waals surface area contributed by atoms with E-state index in [1.165, 1.54) is 0 Å². The van der Waals surface area contributed by atoms with Crippen LogP contribution in [-0.2, 0) is 35.8 Å². The minimum atomic E-state index is 0.0976. The third-order valence-corrected chi connectivity index (χ3v) is 9.11. The minimum Gasteiger partial charge on any atom is -0.481 e. The van der Waals surface area contributed by atoms with Crippen LogP contribution >= 0.6 is 23.2 Å². The molecule has 47 heavy (non-hydrogen) atoms. The van der Waals surface area contributed by atoms with Gasteiger partial charge < -0.3 is 35.1 Å². The average Bonchev–Trinajstić information content (AvgIpc) is 3.71. The lowest BCUT2D eigenvalue weighted by atomic mass is 10.00. The molecule has 4 aromatic rings. The van der Waals surface area contributed by atoms with Gasteiger partial charge in [-0.2, -0.15) is 4.98 Å². The van der Waals surface area contributed by atoms with Crippen molar-refractivity contribution in [2.24, 2.45) is 0 Å². The van der Waals surface area contributed by atoms with Gasteiger partial charge >= 0.3 is 0 Å². The molecule has 0 spiro atoms. The summed E-state index contributed by atoms with van der Waals surface area (Å²) in [6.45, 7) is 2.85. The number of amides is 1. The maximum Gasteiger partial charge on any atom is 0.221 e. The van der Waals surface area contributed by atoms with E-state index >= 15 is 0 Å². The second kappa shape index (κ2) is 14.6. The quantitative estimate of drug-likeness (QED) is 0.135. The first-order valence-corrected chi connectivity index (χ1v) is 16.1. The smallest absolute Gasteiger partial charge is 0.221 e. The maximum atomic E-state index is 11.5. The number of hydrogen-bond donors (Lipinski definition) is 3. The summed E-state index contributed by atoms with van der Waals surface area (Å²) in [5.41, 5.74) is 6.48. The lowest BCUT2D eigenvalue weighted by Gasteiger charge is -2.21. The third kappa shape index (κ3) is 7.03. The number of pyridine rings is 1. The Balaban J connectivity index is 1.23. The Hall–Kier alpha value is -4.29. The number of methoxy groups -OCH3 is 2. The Bertz CT molecular complexity index is 1810. The zero-order valence-corrected chi connectivity index (χ0v) is 27.6. The van der Waals surface area contributed by atoms with E-state index in [-0.39, 0.29) is 18.5 Å². The highest BCUT2D eigenvalue weighted by atomic mass is 35.5. The van der Waals surface area contributed by atoms with Gasteiger partial charge in [0, 0.05) is 47.8 Å². The van der Waals surface area contributed by atoms with Crippen LogP contribution in [0.4, 0.5) is 5.69 Å². The normalized spacial score (nSPS) is 15.4. The monoisotopic (exact) mass is 675 g/mol. The second-order valence-corrected chi connectivity index (χ2v) is 12.1. The van der Waals surface area contributed by atoms with Crippen molar-refractivity contribution >= 4 is 41.1 Å². The number of nitrogens with zero attached hydrogens (tertiary/aromatic N) is 4. The highest BCUT2D eigenvalue weighted by molar-refractivity contribution is 6.39. The number of benzene rings is 2. The van der Waals surface area contributed by atoms with Gasteiger partial charge in [-0.3, -0.25) is 4.79 Å². The lowest BCUT2D eigenvalue weighted by Crippen LogP contribution is -2.35. The van der Waals surface area contributed by atoms with Crippen molar-refractivity contribution < 1.29 is 19.1 Å². The molecule has 4 heterocycles. The van der Waals surface area contributed by atoms with Crippen molar-refractivity contribution in [3.8, 4) is 34.1 Å². The third-order valence-electron chi connectivity index (χ3n) is 8.30. The molecule has 2 aliphatic rings. The minimum absolute atomic E-state index is 0.0976. The van der Waals surface area contributed by atoms with Gasteiger partial charge in [-0.05, 0) is 18.6 Å². The second-order valence-electron chi connectivity index (χ2n) is 11.3. The number of ether oxygens (including phenoxy) is 2. The van der Waals surface area contributed by atoms with Crippen LogP contribution in [0.2, 0.25) is 10.0 Å². The highest BCUT2D eigenvalue weighted by Gasteiger charge is 2.28. The Morgan fingerprint density at radius 1 is 0.915 bits per heavy atom. The van der Waals surface area contributed by atoms with Gasteiger partial charge in [-0.15, -0.1) is 0 Å². The molecule has 0 saturated carbocycles. The number of fused-ring (bicyclic) bond motifs is 1. The fraction of sp³-hybridized carbons (Fsp3) is 0.324. The molecule has 0 bridgehead atoms. The van der Waals surface area contributed by atoms with E-state index < -0.39 is 0 Å². The van der Waals surface area contributed by atoms with E-state index in [2.05, 4.69) is 25.8 Å². The standard InChI is InChI=1S/C34H35Cl2N7O4/c1-46-33-20(15-38-16-21-10-12-30(45)39-21)9-11-26(41-33)24-7-3-5-22(31(24)35)23-6-4-8-28(32(23)36)43-18-25-27(19-43)40-29(17-37-13-14-44)42-34(25)47-2/h3-9,11,14,21,37-38H,10,12-13,15-19H2,1-2H3,(H,39,45). The summed E-state index contributed by atoms with van der Waals surface area (Å²) in [6, 6.07) is 15.7. The molecule has 13 heteroatoms. The van der Waals surface area contributed by atoms with Crippen LogP contribution in [0.5, 0.6) is 11.8 Å². The van der Waals surface area contributed by atoms with Gasteiger partial charge in [0.25, 0.3) is 0 Å². The van der Waals surface area contributed by atoms with Gasteiger partial charge in [0.05, 0.1) is 73.1 Å². The molecular formula is C34H35Cl2N7O4. The van der Waals surface area contributed by atoms with Gasteiger partial charge in [0.15, 0.2) is 0 Å². The van der Waals surface area contributed by atoms with Crippen molar-refractivity contribution in [1.29, 1.82) is 0 Å². The average molecular weight is 677 g/mol. The molecule has 0 aliphatic carbocycles. The predicted molar refractivity (Wildman–Crippen MR) is 181 cm³/mol. The molecular weight excluding hydrogens is 641 g/mol. The zero-order chi connectivity index (χ0) is 32.9. The Morgan fingerprint density at radius 2 is 1.68 bits per heavy atom. The van der Waals surface area contributed by atoms with Crippen molar-refractivity contribution in [2.75, 3.05) is 32.2 Å². The van der Waals surface area contributed by atoms with Crippen LogP contribution in [-0.4, -0.2) is 60.5 Å². The van der Waals surface area contributed by atoms with Gasteiger partial charge in [0.1, 0.15) is 12.1 Å². The van der Waals surface area contributed by atoms with E-state index in [1.807, 2.05) is 48.5 Å². The first kappa shape index (κ1) is 32.6. The molecule has 6 rings (SSSR count). The van der Waals surface area contributed by atoms with E-state index in [1.54, 1.807) is 14.2 Å². The first-order valence-electron chi connectivity index (χ1n) is 15.3. The molecule has 0 radical (unpaired) electrons. The van der Waals surface area contributed by atoms with Gasteiger partial charge in [-0.1, -0.05) is 59.6 Å². The van der Waals surface area contributed by atoms with E-state index in [0.29, 0.717) is 72.5 Å². The van der Waals surface area contributed by atoms with Crippen LogP contribution in [0.15, 0.2) is 48.5 Å². The largest absolute Gasteiger partial charge is 0.481 e. The summed E-state index contributed by atoms with van der Waals surface area (Å²) < 4.78 is 11.2. The lowest BCUT2D eigenvalue weighted by molar-refractivity contribution is -0.119. The Labute approximate surface area is 283 Å². The summed E-state index contributed by atoms with van der Waals surface area (Å²) in [4.78, 5) is 38.4. The number of hydrogen-bond acceptors (Lipinski definition) is 10. The Morgan fingerprint density at radius 3 is 2.43 bits per heavy atom. The molecule has 2 aromatic carbocycles. The van der Waals surface area contributed by atoms with Crippen molar-refractivity contribution in [3.05, 3.63) is 81.2 Å². The van der Waals surface area contributed by atoms with Crippen molar-refractivity contribution in [2.45, 2.75) is 45.1 Å². The zero-order valence-electron chi connectivity index (χ0n) is 26.1. The summed E-state index contributed by atoms with van der Waals surface area (Å²) >= 11 is 14.2. The predicted octanol–water partition coefficient (Wildman–Crippen LogP) is 4.71.